The number of methoxy groups -OCH3 is 2. The Bertz CT molecular complexity index is 1010. The first-order chi connectivity index (χ1) is 15.5. The molecule has 1 heterocycles. The number of anilines is 1. The maximum atomic E-state index is 12.9. The van der Waals surface area contributed by atoms with Crippen LogP contribution in [-0.4, -0.2) is 64.3 Å². The Morgan fingerprint density at radius 3 is 2.27 bits per heavy atom. The molecule has 0 aromatic heterocycles. The van der Waals surface area contributed by atoms with Crippen LogP contribution >= 0.6 is 0 Å². The number of ketones is 1. The zero-order chi connectivity index (χ0) is 22.7. The molecule has 1 fully saturated rings. The van der Waals surface area contributed by atoms with E-state index in [0.29, 0.717) is 23.5 Å². The predicted molar refractivity (Wildman–Crippen MR) is 130 cm³/mol. The molecule has 0 atom stereocenters. The van der Waals surface area contributed by atoms with E-state index in [2.05, 4.69) is 43.1 Å². The number of piperazine rings is 1. The molecule has 0 amide bonds. The van der Waals surface area contributed by atoms with E-state index in [1.165, 1.54) is 42.6 Å². The molecule has 5 nitrogen and oxygen atoms in total. The molecule has 2 aromatic rings. The van der Waals surface area contributed by atoms with Gasteiger partial charge in [0.05, 0.1) is 54.0 Å². The van der Waals surface area contributed by atoms with Crippen molar-refractivity contribution in [3.05, 3.63) is 58.7 Å². The molecule has 1 aliphatic carbocycles. The quantitative estimate of drug-likeness (QED) is 0.415. The summed E-state index contributed by atoms with van der Waals surface area (Å²) in [5, 5.41) is 0. The van der Waals surface area contributed by atoms with Gasteiger partial charge in [0.15, 0.2) is 17.3 Å². The number of nitrogens with zero attached hydrogens (tertiary/aromatic N) is 2. The van der Waals surface area contributed by atoms with Crippen LogP contribution in [0.2, 0.25) is 0 Å². The van der Waals surface area contributed by atoms with Crippen molar-refractivity contribution in [3.8, 4) is 11.5 Å². The summed E-state index contributed by atoms with van der Waals surface area (Å²) >= 11 is 0. The van der Waals surface area contributed by atoms with Gasteiger partial charge in [0.2, 0.25) is 0 Å². The van der Waals surface area contributed by atoms with Gasteiger partial charge < -0.3 is 35.8 Å². The van der Waals surface area contributed by atoms with Gasteiger partial charge in [-0.3, -0.25) is 4.79 Å². The maximum Gasteiger partial charge on any atom is 0.189 e. The molecule has 0 spiro atoms. The molecular weight excluding hydrogens is 480 g/mol. The number of fused-ring (bicyclic) bond motifs is 1. The van der Waals surface area contributed by atoms with Crippen LogP contribution < -0.4 is 31.4 Å². The minimum Gasteiger partial charge on any atom is -1.00 e. The van der Waals surface area contributed by atoms with Crippen LogP contribution in [-0.2, 0) is 6.42 Å². The van der Waals surface area contributed by atoms with E-state index in [1.807, 2.05) is 12.1 Å². The van der Waals surface area contributed by atoms with Crippen molar-refractivity contribution in [1.82, 2.24) is 0 Å². The number of unbranched alkanes of at least 4 members (excludes halogenated alkanes) is 1. The Hall–Kier alpha value is -2.31. The number of likely N-dealkylation sites (N-methyl/N-ethyl adjacent to an activating group) is 1. The highest BCUT2D eigenvalue weighted by Crippen LogP contribution is 2.37. The molecule has 0 N–H and O–H groups in total. The van der Waals surface area contributed by atoms with Gasteiger partial charge in [0.1, 0.15) is 0 Å². The highest BCUT2D eigenvalue weighted by molar-refractivity contribution is 6.15. The van der Waals surface area contributed by atoms with E-state index in [-0.39, 0.29) is 22.8 Å². The SMILES string of the molecule is CCCC[N+]1(C)CCN(c2ccc(/C=C3\Cc4cc(OC)c(OC)cc4C3=O)cc2)CC1.[Br-]. The Kier molecular flexibility index (Phi) is 8.24. The molecule has 2 aromatic carbocycles. The largest absolute Gasteiger partial charge is 1.00 e. The number of ether oxygens (including phenoxy) is 2. The van der Waals surface area contributed by atoms with E-state index in [4.69, 9.17) is 9.47 Å². The van der Waals surface area contributed by atoms with Crippen molar-refractivity contribution < 1.29 is 35.7 Å². The number of hydrogen-bond donors (Lipinski definition) is 0. The lowest BCUT2D eigenvalue weighted by Gasteiger charge is -2.43. The van der Waals surface area contributed by atoms with Gasteiger partial charge >= 0.3 is 0 Å². The highest BCUT2D eigenvalue weighted by atomic mass is 79.9. The van der Waals surface area contributed by atoms with Crippen molar-refractivity contribution >= 4 is 17.5 Å². The number of carbonyl (C=O) groups excluding carboxylic acids is 1. The van der Waals surface area contributed by atoms with Gasteiger partial charge in [-0.25, -0.2) is 0 Å². The van der Waals surface area contributed by atoms with Crippen LogP contribution in [0.4, 0.5) is 5.69 Å². The van der Waals surface area contributed by atoms with Gasteiger partial charge in [-0.1, -0.05) is 25.5 Å². The zero-order valence-corrected chi connectivity index (χ0v) is 21.8. The maximum absolute atomic E-state index is 12.9. The van der Waals surface area contributed by atoms with Crippen LogP contribution in [0.3, 0.4) is 0 Å². The van der Waals surface area contributed by atoms with E-state index in [0.717, 1.165) is 29.8 Å². The lowest BCUT2D eigenvalue weighted by molar-refractivity contribution is -0.910. The van der Waals surface area contributed by atoms with Crippen LogP contribution in [0.5, 0.6) is 11.5 Å². The third kappa shape index (κ3) is 5.44. The average Bonchev–Trinajstić information content (AvgIpc) is 3.12. The number of rotatable bonds is 7. The van der Waals surface area contributed by atoms with E-state index >= 15 is 0 Å². The van der Waals surface area contributed by atoms with Crippen LogP contribution in [0.15, 0.2) is 42.0 Å². The van der Waals surface area contributed by atoms with Crippen molar-refractivity contribution in [3.63, 3.8) is 0 Å². The number of quaternary nitrogens is 1. The summed E-state index contributed by atoms with van der Waals surface area (Å²) in [6.07, 6.45) is 5.21. The number of halogens is 1. The van der Waals surface area contributed by atoms with Crippen molar-refractivity contribution in [2.45, 2.75) is 26.2 Å². The van der Waals surface area contributed by atoms with E-state index in [9.17, 15) is 4.79 Å². The average molecular weight is 515 g/mol. The smallest absolute Gasteiger partial charge is 0.189 e. The number of Topliss-reactive ketones (excluding diaryl/α,β-unsaturated/α-hetero) is 1. The van der Waals surface area contributed by atoms with Crippen LogP contribution in [0.25, 0.3) is 6.08 Å². The number of carbonyl (C=O) groups is 1. The molecule has 2 aliphatic rings. The summed E-state index contributed by atoms with van der Waals surface area (Å²) in [6.45, 7) is 8.14. The predicted octanol–water partition coefficient (Wildman–Crippen LogP) is 1.60. The van der Waals surface area contributed by atoms with Crippen LogP contribution in [0.1, 0.15) is 41.3 Å². The zero-order valence-electron chi connectivity index (χ0n) is 20.2. The van der Waals surface area contributed by atoms with Crippen LogP contribution in [0, 0.1) is 0 Å². The summed E-state index contributed by atoms with van der Waals surface area (Å²) in [7, 11) is 5.60. The normalized spacial score (nSPS) is 18.1. The lowest BCUT2D eigenvalue weighted by atomic mass is 10.1. The molecule has 178 valence electrons. The molecule has 1 saturated heterocycles. The first-order valence-corrected chi connectivity index (χ1v) is 11.6. The fraction of sp³-hybridized carbons (Fsp3) is 0.444. The van der Waals surface area contributed by atoms with Crippen molar-refractivity contribution in [2.24, 2.45) is 0 Å². The fourth-order valence-corrected chi connectivity index (χ4v) is 4.81. The minimum absolute atomic E-state index is 0. The second-order valence-corrected chi connectivity index (χ2v) is 9.26. The van der Waals surface area contributed by atoms with E-state index in [1.54, 1.807) is 20.3 Å². The summed E-state index contributed by atoms with van der Waals surface area (Å²) in [5.74, 6) is 1.33. The molecule has 6 heteroatoms. The second-order valence-electron chi connectivity index (χ2n) is 9.26. The summed E-state index contributed by atoms with van der Waals surface area (Å²) in [6, 6.07) is 12.3. The summed E-state index contributed by atoms with van der Waals surface area (Å²) < 4.78 is 11.9. The topological polar surface area (TPSA) is 38.8 Å². The molecular formula is C27H35BrN2O3. The number of hydrogen-bond acceptors (Lipinski definition) is 4. The van der Waals surface area contributed by atoms with E-state index < -0.39 is 0 Å². The third-order valence-electron chi connectivity index (χ3n) is 7.00. The minimum atomic E-state index is 0. The summed E-state index contributed by atoms with van der Waals surface area (Å²) in [4.78, 5) is 15.4. The number of allylic oxidation sites excluding steroid dienone is 1. The third-order valence-corrected chi connectivity index (χ3v) is 7.00. The number of benzene rings is 2. The Labute approximate surface area is 208 Å². The molecule has 0 unspecified atom stereocenters. The molecule has 1 aliphatic heterocycles. The molecule has 0 radical (unpaired) electrons. The van der Waals surface area contributed by atoms with Gasteiger partial charge in [-0.15, -0.1) is 0 Å². The molecule has 0 bridgehead atoms. The van der Waals surface area contributed by atoms with Gasteiger partial charge in [0.25, 0.3) is 0 Å². The first kappa shape index (κ1) is 25.3. The van der Waals surface area contributed by atoms with Gasteiger partial charge in [-0.2, -0.15) is 0 Å². The first-order valence-electron chi connectivity index (χ1n) is 11.6. The Balaban J connectivity index is 0.00000306. The van der Waals surface area contributed by atoms with Gasteiger partial charge in [-0.05, 0) is 47.9 Å². The fourth-order valence-electron chi connectivity index (χ4n) is 4.81. The summed E-state index contributed by atoms with van der Waals surface area (Å²) in [5.41, 5.74) is 4.84. The standard InChI is InChI=1S/C27H35N2O3.BrH/c1-5-6-13-29(2)14-11-28(12-15-29)23-9-7-20(8-10-23)16-22-17-21-18-25(31-3)26(32-4)19-24(21)27(22)30;/h7-10,16,18-19H,5-6,11-15,17H2,1-4H3;1H/q+1;/p-1/b22-16+;. The Morgan fingerprint density at radius 2 is 1.67 bits per heavy atom. The molecule has 0 saturated carbocycles. The monoisotopic (exact) mass is 514 g/mol. The molecule has 4 rings (SSSR count). The van der Waals surface area contributed by atoms with Crippen molar-refractivity contribution in [2.75, 3.05) is 58.9 Å². The Morgan fingerprint density at radius 1 is 1.03 bits per heavy atom. The van der Waals surface area contributed by atoms with Crippen molar-refractivity contribution in [1.29, 1.82) is 0 Å². The van der Waals surface area contributed by atoms with Gasteiger partial charge in [0, 0.05) is 23.2 Å². The highest BCUT2D eigenvalue weighted by Gasteiger charge is 2.29. The molecule has 33 heavy (non-hydrogen) atoms. The second kappa shape index (κ2) is 10.7. The lowest BCUT2D eigenvalue weighted by Crippen LogP contribution is -3.00.